The Bertz CT molecular complexity index is 778. The van der Waals surface area contributed by atoms with Crippen molar-refractivity contribution >= 4 is 33.1 Å². The summed E-state index contributed by atoms with van der Waals surface area (Å²) in [6, 6.07) is 6.96. The van der Waals surface area contributed by atoms with Crippen molar-refractivity contribution in [3.63, 3.8) is 0 Å². The molecule has 2 aromatic heterocycles. The SMILES string of the molecule is Cc1nc(Nc2ccc(O)cc2)c2c(C)c(C)sc2n1. The molecule has 0 aliphatic carbocycles. The van der Waals surface area contributed by atoms with Gasteiger partial charge in [0.1, 0.15) is 22.2 Å². The molecule has 1 aromatic carbocycles. The zero-order chi connectivity index (χ0) is 14.3. The van der Waals surface area contributed by atoms with Gasteiger partial charge in [0.2, 0.25) is 0 Å². The Morgan fingerprint density at radius 1 is 1.05 bits per heavy atom. The summed E-state index contributed by atoms with van der Waals surface area (Å²) in [4.78, 5) is 11.3. The Hall–Kier alpha value is -2.14. The molecule has 5 heteroatoms. The minimum Gasteiger partial charge on any atom is -0.508 e. The number of benzene rings is 1. The number of nitrogens with one attached hydrogen (secondary N) is 1. The van der Waals surface area contributed by atoms with Gasteiger partial charge in [0, 0.05) is 10.6 Å². The third kappa shape index (κ3) is 2.20. The summed E-state index contributed by atoms with van der Waals surface area (Å²) in [7, 11) is 0. The van der Waals surface area contributed by atoms with E-state index in [1.165, 1.54) is 10.4 Å². The molecule has 0 unspecified atom stereocenters. The van der Waals surface area contributed by atoms with Gasteiger partial charge in [-0.05, 0) is 50.6 Å². The fourth-order valence-electron chi connectivity index (χ4n) is 2.13. The van der Waals surface area contributed by atoms with Crippen LogP contribution in [-0.2, 0) is 0 Å². The van der Waals surface area contributed by atoms with Gasteiger partial charge >= 0.3 is 0 Å². The summed E-state index contributed by atoms with van der Waals surface area (Å²) in [5, 5.41) is 13.7. The van der Waals surface area contributed by atoms with Crippen LogP contribution >= 0.6 is 11.3 Å². The molecule has 102 valence electrons. The minimum absolute atomic E-state index is 0.252. The Balaban J connectivity index is 2.12. The highest BCUT2D eigenvalue weighted by atomic mass is 32.1. The largest absolute Gasteiger partial charge is 0.508 e. The summed E-state index contributed by atoms with van der Waals surface area (Å²) >= 11 is 1.69. The lowest BCUT2D eigenvalue weighted by molar-refractivity contribution is 0.475. The van der Waals surface area contributed by atoms with Crippen LogP contribution in [-0.4, -0.2) is 15.1 Å². The van der Waals surface area contributed by atoms with Crippen LogP contribution in [0.25, 0.3) is 10.2 Å². The van der Waals surface area contributed by atoms with Gasteiger partial charge in [0.25, 0.3) is 0 Å². The molecule has 3 aromatic rings. The highest BCUT2D eigenvalue weighted by Gasteiger charge is 2.13. The van der Waals surface area contributed by atoms with Crippen LogP contribution in [0.2, 0.25) is 0 Å². The van der Waals surface area contributed by atoms with Crippen LogP contribution in [0.3, 0.4) is 0 Å². The maximum atomic E-state index is 9.33. The molecule has 0 saturated heterocycles. The maximum absolute atomic E-state index is 9.33. The molecule has 2 heterocycles. The predicted octanol–water partition coefficient (Wildman–Crippen LogP) is 4.07. The lowest BCUT2D eigenvalue weighted by Crippen LogP contribution is -1.98. The Morgan fingerprint density at radius 3 is 2.45 bits per heavy atom. The van der Waals surface area contributed by atoms with Crippen molar-refractivity contribution < 1.29 is 5.11 Å². The van der Waals surface area contributed by atoms with Crippen LogP contribution in [0.4, 0.5) is 11.5 Å². The predicted molar refractivity (Wildman–Crippen MR) is 83.0 cm³/mol. The van der Waals surface area contributed by atoms with E-state index in [1.54, 1.807) is 23.5 Å². The fourth-order valence-corrected chi connectivity index (χ4v) is 3.20. The molecule has 0 radical (unpaired) electrons. The number of thiophene rings is 1. The molecule has 0 bridgehead atoms. The lowest BCUT2D eigenvalue weighted by Gasteiger charge is -2.08. The number of hydrogen-bond donors (Lipinski definition) is 2. The van der Waals surface area contributed by atoms with Gasteiger partial charge in [-0.2, -0.15) is 0 Å². The summed E-state index contributed by atoms with van der Waals surface area (Å²) in [5.74, 6) is 1.82. The topological polar surface area (TPSA) is 58.0 Å². The van der Waals surface area contributed by atoms with E-state index < -0.39 is 0 Å². The third-order valence-corrected chi connectivity index (χ3v) is 4.37. The molecule has 0 amide bonds. The first kappa shape index (κ1) is 12.9. The zero-order valence-electron chi connectivity index (χ0n) is 11.6. The number of aryl methyl sites for hydroxylation is 3. The van der Waals surface area contributed by atoms with Crippen LogP contribution in [0.15, 0.2) is 24.3 Å². The third-order valence-electron chi connectivity index (χ3n) is 3.27. The Morgan fingerprint density at radius 2 is 1.75 bits per heavy atom. The van der Waals surface area contributed by atoms with E-state index >= 15 is 0 Å². The van der Waals surface area contributed by atoms with E-state index in [-0.39, 0.29) is 5.75 Å². The standard InChI is InChI=1S/C15H15N3OS/c1-8-9(2)20-15-13(8)14(16-10(3)17-15)18-11-4-6-12(19)7-5-11/h4-7,19H,1-3H3,(H,16,17,18). The van der Waals surface area contributed by atoms with E-state index in [9.17, 15) is 5.11 Å². The van der Waals surface area contributed by atoms with E-state index in [4.69, 9.17) is 0 Å². The van der Waals surface area contributed by atoms with Crippen molar-refractivity contribution in [1.29, 1.82) is 0 Å². The smallest absolute Gasteiger partial charge is 0.143 e. The maximum Gasteiger partial charge on any atom is 0.143 e. The second kappa shape index (κ2) is 4.76. The zero-order valence-corrected chi connectivity index (χ0v) is 12.4. The number of aromatic nitrogens is 2. The molecule has 0 saturated carbocycles. The molecule has 0 aliphatic heterocycles. The molecular weight excluding hydrogens is 270 g/mol. The molecular formula is C15H15N3OS. The molecule has 3 rings (SSSR count). The van der Waals surface area contributed by atoms with Crippen molar-refractivity contribution in [1.82, 2.24) is 9.97 Å². The summed E-state index contributed by atoms with van der Waals surface area (Å²) in [6.07, 6.45) is 0. The number of rotatable bonds is 2. The second-order valence-electron chi connectivity index (χ2n) is 4.75. The van der Waals surface area contributed by atoms with Crippen LogP contribution in [0, 0.1) is 20.8 Å². The van der Waals surface area contributed by atoms with E-state index in [1.807, 2.05) is 19.1 Å². The van der Waals surface area contributed by atoms with Gasteiger partial charge in [-0.15, -0.1) is 11.3 Å². The number of fused-ring (bicyclic) bond motifs is 1. The molecule has 20 heavy (non-hydrogen) atoms. The Labute approximate surface area is 121 Å². The second-order valence-corrected chi connectivity index (χ2v) is 5.96. The summed E-state index contributed by atoms with van der Waals surface area (Å²) in [6.45, 7) is 6.09. The van der Waals surface area contributed by atoms with Gasteiger partial charge in [-0.25, -0.2) is 9.97 Å². The first-order valence-electron chi connectivity index (χ1n) is 6.35. The summed E-state index contributed by atoms with van der Waals surface area (Å²) in [5.41, 5.74) is 2.11. The molecule has 0 atom stereocenters. The number of hydrogen-bond acceptors (Lipinski definition) is 5. The van der Waals surface area contributed by atoms with E-state index in [0.29, 0.717) is 0 Å². The highest BCUT2D eigenvalue weighted by molar-refractivity contribution is 7.18. The van der Waals surface area contributed by atoms with Gasteiger partial charge < -0.3 is 10.4 Å². The normalized spacial score (nSPS) is 10.9. The summed E-state index contributed by atoms with van der Waals surface area (Å²) < 4.78 is 0. The number of nitrogens with zero attached hydrogens (tertiary/aromatic N) is 2. The van der Waals surface area contributed by atoms with Gasteiger partial charge in [-0.3, -0.25) is 0 Å². The van der Waals surface area contributed by atoms with Crippen molar-refractivity contribution in [2.45, 2.75) is 20.8 Å². The average Bonchev–Trinajstić information content (AvgIpc) is 2.67. The van der Waals surface area contributed by atoms with Crippen LogP contribution < -0.4 is 5.32 Å². The van der Waals surface area contributed by atoms with Crippen molar-refractivity contribution in [3.05, 3.63) is 40.5 Å². The monoisotopic (exact) mass is 285 g/mol. The van der Waals surface area contributed by atoms with Crippen LogP contribution in [0.5, 0.6) is 5.75 Å². The van der Waals surface area contributed by atoms with Crippen LogP contribution in [0.1, 0.15) is 16.3 Å². The van der Waals surface area contributed by atoms with Crippen molar-refractivity contribution in [2.75, 3.05) is 5.32 Å². The molecule has 0 fully saturated rings. The number of anilines is 2. The minimum atomic E-state index is 0.252. The fraction of sp³-hybridized carbons (Fsp3) is 0.200. The number of aromatic hydroxyl groups is 1. The molecule has 4 nitrogen and oxygen atoms in total. The van der Waals surface area contributed by atoms with Crippen molar-refractivity contribution in [2.24, 2.45) is 0 Å². The van der Waals surface area contributed by atoms with Gasteiger partial charge in [0.05, 0.1) is 5.39 Å². The van der Waals surface area contributed by atoms with Gasteiger partial charge in [0.15, 0.2) is 0 Å². The van der Waals surface area contributed by atoms with E-state index in [0.717, 1.165) is 27.5 Å². The first-order chi connectivity index (χ1) is 9.54. The Kier molecular flexibility index (Phi) is 3.06. The van der Waals surface area contributed by atoms with Crippen molar-refractivity contribution in [3.8, 4) is 5.75 Å². The molecule has 0 spiro atoms. The molecule has 2 N–H and O–H groups in total. The average molecular weight is 285 g/mol. The lowest BCUT2D eigenvalue weighted by atomic mass is 10.2. The van der Waals surface area contributed by atoms with Gasteiger partial charge in [-0.1, -0.05) is 0 Å². The molecule has 0 aliphatic rings. The highest BCUT2D eigenvalue weighted by Crippen LogP contribution is 2.34. The number of phenolic OH excluding ortho intramolecular Hbond substituents is 1. The first-order valence-corrected chi connectivity index (χ1v) is 7.16. The number of phenols is 1. The van der Waals surface area contributed by atoms with E-state index in [2.05, 4.69) is 29.1 Å². The quantitative estimate of drug-likeness (QED) is 0.697.